The lowest BCUT2D eigenvalue weighted by Gasteiger charge is -2.29. The fraction of sp³-hybridized carbons (Fsp3) is 0.222. The molecule has 1 amide bonds. The number of aromatic nitrogens is 4. The molecule has 1 fully saturated rings. The van der Waals surface area contributed by atoms with Gasteiger partial charge in [-0.25, -0.2) is 14.4 Å². The highest BCUT2D eigenvalue weighted by Gasteiger charge is 2.25. The van der Waals surface area contributed by atoms with E-state index in [9.17, 15) is 9.18 Å². The van der Waals surface area contributed by atoms with Gasteiger partial charge in [0.05, 0.1) is 23.3 Å². The standard InChI is InChI=1S/C27H27FN8O/c1-4-24(37)33-22-12-20(5-6-23(22)36(3)21-8-10-35(2)16-21)32-27-31-14-17-7-9-30-25(26(17)34-27)18-11-19(28)15-29-13-18/h4-7,9,11-15,21H,1,8,10,16H2,2-3H3,(H,33,37)(H,31,32,34). The van der Waals surface area contributed by atoms with Crippen molar-refractivity contribution in [3.63, 3.8) is 0 Å². The number of pyridine rings is 2. The minimum absolute atomic E-state index is 0.295. The van der Waals surface area contributed by atoms with Gasteiger partial charge in [0.25, 0.3) is 0 Å². The van der Waals surface area contributed by atoms with Crippen LogP contribution in [0, 0.1) is 5.82 Å². The number of benzene rings is 1. The number of hydrogen-bond donors (Lipinski definition) is 2. The summed E-state index contributed by atoms with van der Waals surface area (Å²) in [5.41, 5.74) is 3.85. The topological polar surface area (TPSA) is 99.2 Å². The van der Waals surface area contributed by atoms with E-state index in [0.717, 1.165) is 36.8 Å². The van der Waals surface area contributed by atoms with Gasteiger partial charge in [0.1, 0.15) is 11.3 Å². The van der Waals surface area contributed by atoms with Gasteiger partial charge in [-0.05, 0) is 56.4 Å². The van der Waals surface area contributed by atoms with Crippen molar-refractivity contribution >= 4 is 39.8 Å². The number of likely N-dealkylation sites (tertiary alicyclic amines) is 1. The van der Waals surface area contributed by atoms with Gasteiger partial charge in [-0.3, -0.25) is 14.8 Å². The predicted molar refractivity (Wildman–Crippen MR) is 143 cm³/mol. The Labute approximate surface area is 214 Å². The summed E-state index contributed by atoms with van der Waals surface area (Å²) < 4.78 is 13.8. The highest BCUT2D eigenvalue weighted by atomic mass is 19.1. The highest BCUT2D eigenvalue weighted by Crippen LogP contribution is 2.33. The van der Waals surface area contributed by atoms with E-state index in [1.165, 1.54) is 12.1 Å². The Kier molecular flexibility index (Phi) is 6.74. The van der Waals surface area contributed by atoms with Gasteiger partial charge in [-0.15, -0.1) is 0 Å². The molecule has 188 valence electrons. The monoisotopic (exact) mass is 498 g/mol. The van der Waals surface area contributed by atoms with Crippen LogP contribution in [0.5, 0.6) is 0 Å². The summed E-state index contributed by atoms with van der Waals surface area (Å²) in [5.74, 6) is -0.408. The zero-order valence-corrected chi connectivity index (χ0v) is 20.6. The summed E-state index contributed by atoms with van der Waals surface area (Å²) >= 11 is 0. The third kappa shape index (κ3) is 5.24. The number of nitrogens with one attached hydrogen (secondary N) is 2. The fourth-order valence-corrected chi connectivity index (χ4v) is 4.53. The third-order valence-corrected chi connectivity index (χ3v) is 6.47. The molecule has 37 heavy (non-hydrogen) atoms. The molecule has 0 spiro atoms. The molecule has 1 aromatic carbocycles. The van der Waals surface area contributed by atoms with Crippen LogP contribution in [0.4, 0.5) is 27.4 Å². The van der Waals surface area contributed by atoms with Gasteiger partial charge in [0.15, 0.2) is 0 Å². The van der Waals surface area contributed by atoms with Crippen molar-refractivity contribution < 1.29 is 9.18 Å². The zero-order valence-electron chi connectivity index (χ0n) is 20.6. The lowest BCUT2D eigenvalue weighted by molar-refractivity contribution is -0.111. The highest BCUT2D eigenvalue weighted by molar-refractivity contribution is 6.01. The summed E-state index contributed by atoms with van der Waals surface area (Å²) in [6.45, 7) is 5.56. The van der Waals surface area contributed by atoms with Crippen molar-refractivity contribution in [2.45, 2.75) is 12.5 Å². The number of hydrogen-bond acceptors (Lipinski definition) is 8. The third-order valence-electron chi connectivity index (χ3n) is 6.47. The molecule has 4 aromatic rings. The Morgan fingerprint density at radius 3 is 2.84 bits per heavy atom. The first kappa shape index (κ1) is 24.3. The van der Waals surface area contributed by atoms with E-state index in [1.54, 1.807) is 24.7 Å². The van der Waals surface area contributed by atoms with Crippen molar-refractivity contribution in [3.05, 3.63) is 73.6 Å². The zero-order chi connectivity index (χ0) is 25.9. The Hall–Kier alpha value is -4.44. The molecule has 2 N–H and O–H groups in total. The molecular formula is C27H27FN8O. The number of carbonyl (C=O) groups is 1. The number of likely N-dealkylation sites (N-methyl/N-ethyl adjacent to an activating group) is 2. The second kappa shape index (κ2) is 10.3. The molecule has 5 rings (SSSR count). The van der Waals surface area contributed by atoms with Crippen LogP contribution in [-0.4, -0.2) is 64.0 Å². The van der Waals surface area contributed by atoms with Crippen LogP contribution in [0.3, 0.4) is 0 Å². The molecule has 1 saturated heterocycles. The maximum Gasteiger partial charge on any atom is 0.247 e. The lowest BCUT2D eigenvalue weighted by atomic mass is 10.1. The number of amides is 1. The number of anilines is 4. The average Bonchev–Trinajstić information content (AvgIpc) is 3.34. The summed E-state index contributed by atoms with van der Waals surface area (Å²) in [6, 6.07) is 9.24. The minimum atomic E-state index is -0.452. The first-order valence-corrected chi connectivity index (χ1v) is 11.9. The molecule has 3 aromatic heterocycles. The number of carbonyl (C=O) groups excluding carboxylic acids is 1. The molecule has 10 heteroatoms. The lowest BCUT2D eigenvalue weighted by Crippen LogP contribution is -2.34. The summed E-state index contributed by atoms with van der Waals surface area (Å²) in [6.07, 6.45) is 8.30. The molecule has 1 aliphatic rings. The molecule has 0 aliphatic carbocycles. The van der Waals surface area contributed by atoms with Crippen LogP contribution in [0.1, 0.15) is 6.42 Å². The normalized spacial score (nSPS) is 15.5. The second-order valence-corrected chi connectivity index (χ2v) is 9.05. The largest absolute Gasteiger partial charge is 0.369 e. The quantitative estimate of drug-likeness (QED) is 0.365. The minimum Gasteiger partial charge on any atom is -0.369 e. The van der Waals surface area contributed by atoms with E-state index in [0.29, 0.717) is 40.1 Å². The van der Waals surface area contributed by atoms with Crippen molar-refractivity contribution in [2.24, 2.45) is 0 Å². The Balaban J connectivity index is 1.48. The first-order valence-electron chi connectivity index (χ1n) is 11.9. The fourth-order valence-electron chi connectivity index (χ4n) is 4.53. The summed E-state index contributed by atoms with van der Waals surface area (Å²) in [7, 11) is 4.15. The molecule has 0 saturated carbocycles. The van der Waals surface area contributed by atoms with Gasteiger partial charge in [0, 0.05) is 54.9 Å². The van der Waals surface area contributed by atoms with E-state index in [2.05, 4.69) is 54.0 Å². The van der Waals surface area contributed by atoms with Gasteiger partial charge in [0.2, 0.25) is 11.9 Å². The molecule has 9 nitrogen and oxygen atoms in total. The Bertz CT molecular complexity index is 1480. The molecule has 1 unspecified atom stereocenters. The van der Waals surface area contributed by atoms with Gasteiger partial charge < -0.3 is 20.4 Å². The average molecular weight is 499 g/mol. The van der Waals surface area contributed by atoms with E-state index in [1.807, 2.05) is 25.2 Å². The van der Waals surface area contributed by atoms with Crippen molar-refractivity contribution in [1.82, 2.24) is 24.8 Å². The number of nitrogens with zero attached hydrogens (tertiary/aromatic N) is 6. The Morgan fingerprint density at radius 1 is 1.22 bits per heavy atom. The van der Waals surface area contributed by atoms with Crippen LogP contribution < -0.4 is 15.5 Å². The SMILES string of the molecule is C=CC(=O)Nc1cc(Nc2ncc3ccnc(-c4cncc(F)c4)c3n2)ccc1N(C)C1CCN(C)C1. The molecule has 1 atom stereocenters. The molecule has 4 heterocycles. The van der Waals surface area contributed by atoms with E-state index in [4.69, 9.17) is 0 Å². The molecular weight excluding hydrogens is 471 g/mol. The maximum absolute atomic E-state index is 13.8. The maximum atomic E-state index is 13.8. The molecule has 0 bridgehead atoms. The van der Waals surface area contributed by atoms with Crippen molar-refractivity contribution in [1.29, 1.82) is 0 Å². The van der Waals surface area contributed by atoms with E-state index >= 15 is 0 Å². The number of halogens is 1. The predicted octanol–water partition coefficient (Wildman–Crippen LogP) is 4.23. The van der Waals surface area contributed by atoms with Gasteiger partial charge in [-0.1, -0.05) is 6.58 Å². The van der Waals surface area contributed by atoms with E-state index < -0.39 is 5.82 Å². The first-order chi connectivity index (χ1) is 17.9. The molecule has 0 radical (unpaired) electrons. The molecule has 1 aliphatic heterocycles. The van der Waals surface area contributed by atoms with Crippen LogP contribution in [-0.2, 0) is 4.79 Å². The summed E-state index contributed by atoms with van der Waals surface area (Å²) in [5, 5.41) is 6.90. The van der Waals surface area contributed by atoms with Crippen LogP contribution >= 0.6 is 0 Å². The van der Waals surface area contributed by atoms with Crippen LogP contribution in [0.25, 0.3) is 22.2 Å². The van der Waals surface area contributed by atoms with Crippen LogP contribution in [0.2, 0.25) is 0 Å². The summed E-state index contributed by atoms with van der Waals surface area (Å²) in [4.78, 5) is 34.1. The van der Waals surface area contributed by atoms with E-state index in [-0.39, 0.29) is 5.91 Å². The van der Waals surface area contributed by atoms with Crippen LogP contribution in [0.15, 0.2) is 67.8 Å². The van der Waals surface area contributed by atoms with Gasteiger partial charge >= 0.3 is 0 Å². The second-order valence-electron chi connectivity index (χ2n) is 9.05. The Morgan fingerprint density at radius 2 is 2.08 bits per heavy atom. The number of rotatable bonds is 7. The van der Waals surface area contributed by atoms with Crippen molar-refractivity contribution in [2.75, 3.05) is 42.7 Å². The van der Waals surface area contributed by atoms with Gasteiger partial charge in [-0.2, -0.15) is 0 Å². The van der Waals surface area contributed by atoms with Crippen molar-refractivity contribution in [3.8, 4) is 11.3 Å². The number of fused-ring (bicyclic) bond motifs is 1. The smallest absolute Gasteiger partial charge is 0.247 e.